The first kappa shape index (κ1) is 23.7. The van der Waals surface area contributed by atoms with Crippen LogP contribution >= 0.6 is 23.4 Å². The van der Waals surface area contributed by atoms with E-state index in [-0.39, 0.29) is 17.6 Å². The van der Waals surface area contributed by atoms with Crippen molar-refractivity contribution < 1.29 is 9.59 Å². The van der Waals surface area contributed by atoms with Crippen LogP contribution in [0.15, 0.2) is 65.7 Å². The molecule has 0 bridgehead atoms. The topological polar surface area (TPSA) is 101 Å². The quantitative estimate of drug-likeness (QED) is 0.345. The highest BCUT2D eigenvalue weighted by atomic mass is 35.5. The van der Waals surface area contributed by atoms with Crippen molar-refractivity contribution in [1.82, 2.24) is 30.4 Å². The van der Waals surface area contributed by atoms with E-state index >= 15 is 0 Å². The summed E-state index contributed by atoms with van der Waals surface area (Å²) in [6.07, 6.45) is 0.470. The zero-order valence-electron chi connectivity index (χ0n) is 18.5. The fourth-order valence-electron chi connectivity index (χ4n) is 3.17. The van der Waals surface area contributed by atoms with Crippen molar-refractivity contribution in [1.29, 1.82) is 0 Å². The van der Waals surface area contributed by atoms with Gasteiger partial charge in [0.2, 0.25) is 5.91 Å². The van der Waals surface area contributed by atoms with E-state index < -0.39 is 0 Å². The van der Waals surface area contributed by atoms with E-state index in [1.807, 2.05) is 37.3 Å². The first-order valence-electron chi connectivity index (χ1n) is 10.7. The molecule has 0 saturated carbocycles. The van der Waals surface area contributed by atoms with Crippen LogP contribution in [0, 0.1) is 6.92 Å². The van der Waals surface area contributed by atoms with Gasteiger partial charge in [-0.1, -0.05) is 59.3 Å². The molecular formula is C24H23ClN6O2S. The van der Waals surface area contributed by atoms with E-state index in [2.05, 4.69) is 25.9 Å². The molecule has 2 aromatic carbocycles. The summed E-state index contributed by atoms with van der Waals surface area (Å²) in [5, 5.41) is 19.9. The maximum absolute atomic E-state index is 12.3. The third-order valence-electron chi connectivity index (χ3n) is 5.04. The number of hydrogen-bond donors (Lipinski definition) is 2. The van der Waals surface area contributed by atoms with Gasteiger partial charge in [-0.25, -0.2) is 0 Å². The molecule has 174 valence electrons. The van der Waals surface area contributed by atoms with Crippen LogP contribution in [0.3, 0.4) is 0 Å². The van der Waals surface area contributed by atoms with E-state index in [1.165, 1.54) is 11.8 Å². The SMILES string of the molecule is Cc1ccc(C(=O)NCCc2nnc3ccc(SCC(=O)NCc4ccccc4Cl)nn23)cc1. The number of fused-ring (bicyclic) bond motifs is 1. The van der Waals surface area contributed by atoms with Crippen LogP contribution in [0.5, 0.6) is 0 Å². The Labute approximate surface area is 206 Å². The number of halogens is 1. The van der Waals surface area contributed by atoms with E-state index in [0.717, 1.165) is 11.1 Å². The van der Waals surface area contributed by atoms with E-state index in [4.69, 9.17) is 11.6 Å². The van der Waals surface area contributed by atoms with Crippen LogP contribution in [0.2, 0.25) is 5.02 Å². The summed E-state index contributed by atoms with van der Waals surface area (Å²) in [4.78, 5) is 24.5. The Morgan fingerprint density at radius 3 is 2.59 bits per heavy atom. The highest BCUT2D eigenvalue weighted by molar-refractivity contribution is 7.99. The molecule has 10 heteroatoms. The average molecular weight is 495 g/mol. The van der Waals surface area contributed by atoms with E-state index in [1.54, 1.807) is 34.8 Å². The molecule has 0 aliphatic rings. The Bertz CT molecular complexity index is 1310. The lowest BCUT2D eigenvalue weighted by Gasteiger charge is -2.07. The molecule has 34 heavy (non-hydrogen) atoms. The van der Waals surface area contributed by atoms with Crippen LogP contribution < -0.4 is 10.6 Å². The average Bonchev–Trinajstić information content (AvgIpc) is 3.25. The highest BCUT2D eigenvalue weighted by Crippen LogP contribution is 2.17. The number of nitrogens with zero attached hydrogens (tertiary/aromatic N) is 4. The number of carbonyl (C=O) groups excluding carboxylic acids is 2. The van der Waals surface area contributed by atoms with Crippen molar-refractivity contribution in [2.24, 2.45) is 0 Å². The normalized spacial score (nSPS) is 10.9. The van der Waals surface area contributed by atoms with Crippen molar-refractivity contribution in [2.75, 3.05) is 12.3 Å². The minimum absolute atomic E-state index is 0.116. The molecule has 2 heterocycles. The molecule has 0 aliphatic heterocycles. The second kappa shape index (κ2) is 11.1. The molecule has 4 aromatic rings. The van der Waals surface area contributed by atoms with Crippen LogP contribution in [-0.4, -0.2) is 43.9 Å². The molecule has 2 amide bonds. The molecule has 0 atom stereocenters. The number of hydrogen-bond acceptors (Lipinski definition) is 6. The van der Waals surface area contributed by atoms with Crippen molar-refractivity contribution in [2.45, 2.75) is 24.9 Å². The number of aryl methyl sites for hydroxylation is 1. The molecule has 2 N–H and O–H groups in total. The Kier molecular flexibility index (Phi) is 7.76. The summed E-state index contributed by atoms with van der Waals surface area (Å²) in [6.45, 7) is 2.75. The van der Waals surface area contributed by atoms with Crippen molar-refractivity contribution in [3.63, 3.8) is 0 Å². The van der Waals surface area contributed by atoms with Gasteiger partial charge in [0.25, 0.3) is 5.91 Å². The van der Waals surface area contributed by atoms with Gasteiger partial charge < -0.3 is 10.6 Å². The Balaban J connectivity index is 1.30. The predicted octanol–water partition coefficient (Wildman–Crippen LogP) is 3.47. The van der Waals surface area contributed by atoms with Gasteiger partial charge in [0.15, 0.2) is 11.5 Å². The largest absolute Gasteiger partial charge is 0.352 e. The second-order valence-electron chi connectivity index (χ2n) is 7.59. The molecule has 0 saturated heterocycles. The summed E-state index contributed by atoms with van der Waals surface area (Å²) in [7, 11) is 0. The molecule has 0 unspecified atom stereocenters. The van der Waals surface area contributed by atoms with Gasteiger partial charge in [-0.05, 0) is 42.8 Å². The van der Waals surface area contributed by atoms with Crippen molar-refractivity contribution >= 4 is 40.8 Å². The Hall–Kier alpha value is -3.43. The van der Waals surface area contributed by atoms with Crippen LogP contribution in [-0.2, 0) is 17.8 Å². The lowest BCUT2D eigenvalue weighted by molar-refractivity contribution is -0.118. The molecule has 8 nitrogen and oxygen atoms in total. The minimum Gasteiger partial charge on any atom is -0.352 e. The third-order valence-corrected chi connectivity index (χ3v) is 6.32. The van der Waals surface area contributed by atoms with E-state index in [0.29, 0.717) is 46.6 Å². The standard InChI is InChI=1S/C24H23ClN6O2S/c1-16-6-8-17(9-7-16)24(33)26-13-12-21-29-28-20-10-11-23(30-31(20)21)34-15-22(32)27-14-18-4-2-3-5-19(18)25/h2-11H,12-15H2,1H3,(H,26,33)(H,27,32). The summed E-state index contributed by atoms with van der Waals surface area (Å²) in [6, 6.07) is 18.4. The Morgan fingerprint density at radius 1 is 1.00 bits per heavy atom. The van der Waals surface area contributed by atoms with Crippen LogP contribution in [0.1, 0.15) is 27.3 Å². The molecule has 0 radical (unpaired) electrons. The van der Waals surface area contributed by atoms with Crippen LogP contribution in [0.25, 0.3) is 5.65 Å². The van der Waals surface area contributed by atoms with Gasteiger partial charge in [-0.3, -0.25) is 9.59 Å². The molecule has 0 fully saturated rings. The van der Waals surface area contributed by atoms with Gasteiger partial charge in [0, 0.05) is 30.1 Å². The number of aromatic nitrogens is 4. The predicted molar refractivity (Wildman–Crippen MR) is 132 cm³/mol. The van der Waals surface area contributed by atoms with Gasteiger partial charge >= 0.3 is 0 Å². The van der Waals surface area contributed by atoms with Crippen molar-refractivity contribution in [3.05, 3.63) is 88.2 Å². The van der Waals surface area contributed by atoms with Crippen molar-refractivity contribution in [3.8, 4) is 0 Å². The number of rotatable bonds is 9. The molecule has 0 spiro atoms. The summed E-state index contributed by atoms with van der Waals surface area (Å²) < 4.78 is 1.64. The maximum atomic E-state index is 12.3. The monoisotopic (exact) mass is 494 g/mol. The number of nitrogens with one attached hydrogen (secondary N) is 2. The van der Waals surface area contributed by atoms with Gasteiger partial charge in [-0.15, -0.1) is 10.2 Å². The fraction of sp³-hybridized carbons (Fsp3) is 0.208. The summed E-state index contributed by atoms with van der Waals surface area (Å²) in [5.74, 6) is 0.591. The number of amides is 2. The number of thioether (sulfide) groups is 1. The number of carbonyl (C=O) groups is 2. The minimum atomic E-state index is -0.138. The lowest BCUT2D eigenvalue weighted by atomic mass is 10.1. The van der Waals surface area contributed by atoms with E-state index in [9.17, 15) is 9.59 Å². The summed E-state index contributed by atoms with van der Waals surface area (Å²) in [5.41, 5.74) is 3.18. The second-order valence-corrected chi connectivity index (χ2v) is 8.99. The molecular weight excluding hydrogens is 472 g/mol. The first-order valence-corrected chi connectivity index (χ1v) is 12.0. The smallest absolute Gasteiger partial charge is 0.251 e. The van der Waals surface area contributed by atoms with Gasteiger partial charge in [0.1, 0.15) is 5.03 Å². The lowest BCUT2D eigenvalue weighted by Crippen LogP contribution is -2.26. The zero-order valence-corrected chi connectivity index (χ0v) is 20.1. The zero-order chi connectivity index (χ0) is 23.9. The molecule has 2 aromatic heterocycles. The molecule has 4 rings (SSSR count). The van der Waals surface area contributed by atoms with Gasteiger partial charge in [-0.2, -0.15) is 9.61 Å². The number of benzene rings is 2. The highest BCUT2D eigenvalue weighted by Gasteiger charge is 2.11. The van der Waals surface area contributed by atoms with Gasteiger partial charge in [0.05, 0.1) is 5.75 Å². The maximum Gasteiger partial charge on any atom is 0.251 e. The first-order chi connectivity index (χ1) is 16.5. The molecule has 0 aliphatic carbocycles. The third kappa shape index (κ3) is 6.12. The summed E-state index contributed by atoms with van der Waals surface area (Å²) >= 11 is 7.45. The van der Waals surface area contributed by atoms with Crippen LogP contribution in [0.4, 0.5) is 0 Å². The fourth-order valence-corrected chi connectivity index (χ4v) is 4.06. The Morgan fingerprint density at radius 2 is 1.79 bits per heavy atom.